The van der Waals surface area contributed by atoms with Gasteiger partial charge in [-0.05, 0) is 36.2 Å². The first kappa shape index (κ1) is 22.8. The van der Waals surface area contributed by atoms with Crippen LogP contribution in [0, 0.1) is 12.7 Å². The predicted molar refractivity (Wildman–Crippen MR) is 141 cm³/mol. The summed E-state index contributed by atoms with van der Waals surface area (Å²) < 4.78 is 16.7. The van der Waals surface area contributed by atoms with E-state index >= 15 is 0 Å². The Hall–Kier alpha value is -2.93. The molecule has 0 aliphatic heterocycles. The number of benzene rings is 3. The van der Waals surface area contributed by atoms with Crippen LogP contribution < -0.4 is 5.56 Å². The van der Waals surface area contributed by atoms with Gasteiger partial charge in [-0.15, -0.1) is 11.3 Å². The molecule has 0 radical (unpaired) electrons. The molecule has 0 N–H and O–H groups in total. The summed E-state index contributed by atoms with van der Waals surface area (Å²) in [5.74, 6) is -0.0945. The van der Waals surface area contributed by atoms with E-state index in [1.807, 2.05) is 43.3 Å². The standard InChI is InChI=1S/C27H20ClFN2OS2/c1-17-10-12-19(13-11-17)24-14-23-25(34-24)26(32)31(15-18-6-3-2-4-7-18)27(30-23)33-16-20-21(28)8-5-9-22(20)29/h2-14H,15-16H2,1H3. The lowest BCUT2D eigenvalue weighted by molar-refractivity contribution is 0.617. The van der Waals surface area contributed by atoms with Crippen LogP contribution in [0.5, 0.6) is 0 Å². The molecule has 0 aliphatic rings. The third-order valence-corrected chi connectivity index (χ3v) is 8.04. The van der Waals surface area contributed by atoms with Crippen molar-refractivity contribution in [2.45, 2.75) is 24.4 Å². The van der Waals surface area contributed by atoms with Gasteiger partial charge in [-0.25, -0.2) is 9.37 Å². The molecule has 170 valence electrons. The van der Waals surface area contributed by atoms with E-state index in [2.05, 4.69) is 24.3 Å². The van der Waals surface area contributed by atoms with Gasteiger partial charge in [0.05, 0.1) is 12.1 Å². The Labute approximate surface area is 209 Å². The molecule has 5 aromatic rings. The number of hydrogen-bond acceptors (Lipinski definition) is 4. The largest absolute Gasteiger partial charge is 0.282 e. The first-order chi connectivity index (χ1) is 16.5. The highest BCUT2D eigenvalue weighted by Crippen LogP contribution is 2.33. The summed E-state index contributed by atoms with van der Waals surface area (Å²) in [5.41, 5.74) is 4.18. The summed E-state index contributed by atoms with van der Waals surface area (Å²) in [6, 6.07) is 24.6. The maximum atomic E-state index is 14.4. The second-order valence-corrected chi connectivity index (χ2v) is 10.4. The summed E-state index contributed by atoms with van der Waals surface area (Å²) in [6.07, 6.45) is 0. The van der Waals surface area contributed by atoms with Gasteiger partial charge in [0.15, 0.2) is 5.16 Å². The number of fused-ring (bicyclic) bond motifs is 1. The second-order valence-electron chi connectivity index (χ2n) is 7.95. The van der Waals surface area contributed by atoms with Crippen molar-refractivity contribution in [3.05, 3.63) is 117 Å². The SMILES string of the molecule is Cc1ccc(-c2cc3nc(SCc4c(F)cccc4Cl)n(Cc4ccccc4)c(=O)c3s2)cc1. The zero-order chi connectivity index (χ0) is 23.7. The minimum atomic E-state index is -0.366. The fraction of sp³-hybridized carbons (Fsp3) is 0.111. The fourth-order valence-electron chi connectivity index (χ4n) is 3.67. The first-order valence-corrected chi connectivity index (χ1v) is 12.9. The molecule has 0 bridgehead atoms. The van der Waals surface area contributed by atoms with Crippen molar-refractivity contribution in [1.29, 1.82) is 0 Å². The van der Waals surface area contributed by atoms with Crippen LogP contribution in [0.25, 0.3) is 20.7 Å². The Kier molecular flexibility index (Phi) is 6.55. The Balaban J connectivity index is 1.60. The molecule has 0 aliphatic carbocycles. The molecule has 3 nitrogen and oxygen atoms in total. The smallest absolute Gasteiger partial charge is 0.272 e. The summed E-state index contributed by atoms with van der Waals surface area (Å²) in [7, 11) is 0. The highest BCUT2D eigenvalue weighted by atomic mass is 35.5. The molecule has 3 aromatic carbocycles. The van der Waals surface area contributed by atoms with Crippen LogP contribution in [0.1, 0.15) is 16.7 Å². The Morgan fingerprint density at radius 2 is 1.79 bits per heavy atom. The Morgan fingerprint density at radius 1 is 1.03 bits per heavy atom. The molecule has 34 heavy (non-hydrogen) atoms. The molecule has 7 heteroatoms. The topological polar surface area (TPSA) is 34.9 Å². The monoisotopic (exact) mass is 506 g/mol. The van der Waals surface area contributed by atoms with Crippen LogP contribution in [-0.2, 0) is 12.3 Å². The predicted octanol–water partition coefficient (Wildman–Crippen LogP) is 7.57. The van der Waals surface area contributed by atoms with Gasteiger partial charge >= 0.3 is 0 Å². The summed E-state index contributed by atoms with van der Waals surface area (Å²) >= 11 is 9.00. The van der Waals surface area contributed by atoms with Gasteiger partial charge in [0.2, 0.25) is 0 Å². The number of thiophene rings is 1. The van der Waals surface area contributed by atoms with E-state index in [-0.39, 0.29) is 17.1 Å². The van der Waals surface area contributed by atoms with E-state index in [1.54, 1.807) is 16.7 Å². The van der Waals surface area contributed by atoms with Crippen molar-refractivity contribution in [3.8, 4) is 10.4 Å². The average molecular weight is 507 g/mol. The van der Waals surface area contributed by atoms with Crippen molar-refractivity contribution < 1.29 is 4.39 Å². The van der Waals surface area contributed by atoms with Gasteiger partial charge in [-0.1, -0.05) is 89.6 Å². The number of rotatable bonds is 6. The van der Waals surface area contributed by atoms with Crippen LogP contribution in [0.15, 0.2) is 88.8 Å². The lowest BCUT2D eigenvalue weighted by atomic mass is 10.1. The Bertz CT molecular complexity index is 1510. The highest BCUT2D eigenvalue weighted by Gasteiger charge is 2.17. The van der Waals surface area contributed by atoms with Crippen LogP contribution in [-0.4, -0.2) is 9.55 Å². The zero-order valence-corrected chi connectivity index (χ0v) is 20.7. The van der Waals surface area contributed by atoms with Gasteiger partial charge in [-0.2, -0.15) is 0 Å². The molecule has 0 spiro atoms. The molecule has 0 atom stereocenters. The number of aromatic nitrogens is 2. The second kappa shape index (κ2) is 9.74. The fourth-order valence-corrected chi connectivity index (χ4v) is 6.07. The van der Waals surface area contributed by atoms with Crippen molar-refractivity contribution in [1.82, 2.24) is 9.55 Å². The van der Waals surface area contributed by atoms with E-state index in [0.717, 1.165) is 16.0 Å². The zero-order valence-electron chi connectivity index (χ0n) is 18.3. The number of aryl methyl sites for hydroxylation is 1. The van der Waals surface area contributed by atoms with Crippen molar-refractivity contribution >= 4 is 44.9 Å². The van der Waals surface area contributed by atoms with Crippen LogP contribution >= 0.6 is 34.7 Å². The highest BCUT2D eigenvalue weighted by molar-refractivity contribution is 7.98. The Morgan fingerprint density at radius 3 is 2.53 bits per heavy atom. The van der Waals surface area contributed by atoms with Gasteiger partial charge in [-0.3, -0.25) is 9.36 Å². The molecule has 0 fully saturated rings. The average Bonchev–Trinajstić information content (AvgIpc) is 3.26. The molecule has 0 saturated heterocycles. The number of hydrogen-bond donors (Lipinski definition) is 0. The normalized spacial score (nSPS) is 11.3. The molecular weight excluding hydrogens is 487 g/mol. The molecule has 2 aromatic heterocycles. The molecule has 2 heterocycles. The summed E-state index contributed by atoms with van der Waals surface area (Å²) in [6.45, 7) is 2.43. The maximum Gasteiger partial charge on any atom is 0.272 e. The lowest BCUT2D eigenvalue weighted by Gasteiger charge is -2.13. The van der Waals surface area contributed by atoms with E-state index in [0.29, 0.717) is 32.5 Å². The first-order valence-electron chi connectivity index (χ1n) is 10.7. The van der Waals surface area contributed by atoms with Gasteiger partial charge in [0.1, 0.15) is 10.5 Å². The summed E-state index contributed by atoms with van der Waals surface area (Å²) in [5, 5.41) is 0.900. The van der Waals surface area contributed by atoms with E-state index in [4.69, 9.17) is 16.6 Å². The molecular formula is C27H20ClFN2OS2. The molecule has 0 unspecified atom stereocenters. The molecule has 5 rings (SSSR count). The van der Waals surface area contributed by atoms with E-state index < -0.39 is 0 Å². The third kappa shape index (κ3) is 4.67. The van der Waals surface area contributed by atoms with Crippen LogP contribution in [0.4, 0.5) is 4.39 Å². The van der Waals surface area contributed by atoms with Crippen molar-refractivity contribution in [2.75, 3.05) is 0 Å². The molecule has 0 amide bonds. The minimum absolute atomic E-state index is 0.0978. The number of thioether (sulfide) groups is 1. The lowest BCUT2D eigenvalue weighted by Crippen LogP contribution is -2.23. The maximum absolute atomic E-state index is 14.4. The third-order valence-electron chi connectivity index (χ3n) is 5.53. The minimum Gasteiger partial charge on any atom is -0.282 e. The van der Waals surface area contributed by atoms with Crippen molar-refractivity contribution in [2.24, 2.45) is 0 Å². The number of halogens is 2. The van der Waals surface area contributed by atoms with Crippen LogP contribution in [0.3, 0.4) is 0 Å². The van der Waals surface area contributed by atoms with E-state index in [1.165, 1.54) is 34.7 Å². The van der Waals surface area contributed by atoms with E-state index in [9.17, 15) is 9.18 Å². The van der Waals surface area contributed by atoms with Crippen molar-refractivity contribution in [3.63, 3.8) is 0 Å². The van der Waals surface area contributed by atoms with Gasteiger partial charge in [0, 0.05) is 21.2 Å². The van der Waals surface area contributed by atoms with Crippen LogP contribution in [0.2, 0.25) is 5.02 Å². The molecule has 0 saturated carbocycles. The quantitative estimate of drug-likeness (QED) is 0.176. The van der Waals surface area contributed by atoms with Gasteiger partial charge < -0.3 is 0 Å². The number of nitrogens with zero attached hydrogens (tertiary/aromatic N) is 2. The van der Waals surface area contributed by atoms with Gasteiger partial charge in [0.25, 0.3) is 5.56 Å². The summed E-state index contributed by atoms with van der Waals surface area (Å²) in [4.78, 5) is 19.4.